The fraction of sp³-hybridized carbons (Fsp3) is 0.400. The molecule has 15 heavy (non-hydrogen) atoms. The molecule has 0 aromatic heterocycles. The molecule has 0 bridgehead atoms. The summed E-state index contributed by atoms with van der Waals surface area (Å²) in [6, 6.07) is 5.70. The van der Waals surface area contributed by atoms with E-state index in [-0.39, 0.29) is 4.90 Å². The van der Waals surface area contributed by atoms with Crippen molar-refractivity contribution in [2.24, 2.45) is 5.14 Å². The molecule has 0 spiro atoms. The Kier molecular flexibility index (Phi) is 5.96. The van der Waals surface area contributed by atoms with Crippen LogP contribution in [0.15, 0.2) is 29.2 Å². The van der Waals surface area contributed by atoms with Gasteiger partial charge in [0.05, 0.1) is 4.90 Å². The van der Waals surface area contributed by atoms with Gasteiger partial charge in [0.25, 0.3) is 0 Å². The highest BCUT2D eigenvalue weighted by atomic mass is 32.2. The molecule has 0 aliphatic heterocycles. The first kappa shape index (κ1) is 13.9. The number of rotatable bonds is 2. The van der Waals surface area contributed by atoms with Crippen LogP contribution in [0.2, 0.25) is 0 Å². The summed E-state index contributed by atoms with van der Waals surface area (Å²) in [6.45, 7) is 4.36. The van der Waals surface area contributed by atoms with Crippen molar-refractivity contribution in [2.45, 2.75) is 31.6 Å². The number of hydrogen-bond acceptors (Lipinski definition) is 3. The maximum Gasteiger partial charge on any atom is 0.238 e. The lowest BCUT2D eigenvalue weighted by molar-refractivity contribution is 0.598. The van der Waals surface area contributed by atoms with Crippen LogP contribution in [0, 0.1) is 0 Å². The Morgan fingerprint density at radius 3 is 1.73 bits per heavy atom. The standard InChI is InChI=1S/C6H8N2O2S.C4H10/c7-5-1-3-6(4-2-5)11(8,9)10;1-3-4-2/h1-4H,7H2,(H2,8,9,10);3-4H2,1-2H3. The molecule has 0 saturated carbocycles. The van der Waals surface area contributed by atoms with E-state index in [1.165, 1.54) is 37.1 Å². The van der Waals surface area contributed by atoms with E-state index in [1.54, 1.807) is 0 Å². The van der Waals surface area contributed by atoms with Gasteiger partial charge in [0.15, 0.2) is 0 Å². The number of primary sulfonamides is 1. The third-order valence-corrected chi connectivity index (χ3v) is 2.64. The fourth-order valence-corrected chi connectivity index (χ4v) is 1.17. The molecular formula is C10H18N2O2S. The molecule has 0 unspecified atom stereocenters. The Morgan fingerprint density at radius 2 is 1.47 bits per heavy atom. The van der Waals surface area contributed by atoms with E-state index in [0.29, 0.717) is 5.69 Å². The van der Waals surface area contributed by atoms with E-state index in [2.05, 4.69) is 13.8 Å². The van der Waals surface area contributed by atoms with E-state index in [1.807, 2.05) is 0 Å². The lowest BCUT2D eigenvalue weighted by atomic mass is 10.3. The number of unbranched alkanes of at least 4 members (excludes halogenated alkanes) is 1. The van der Waals surface area contributed by atoms with Gasteiger partial charge in [-0.3, -0.25) is 0 Å². The summed E-state index contributed by atoms with van der Waals surface area (Å²) in [7, 11) is -3.58. The molecule has 1 rings (SSSR count). The lowest BCUT2D eigenvalue weighted by Crippen LogP contribution is -2.11. The number of sulfonamides is 1. The van der Waals surface area contributed by atoms with E-state index in [9.17, 15) is 8.42 Å². The maximum atomic E-state index is 10.7. The van der Waals surface area contributed by atoms with Gasteiger partial charge in [0.2, 0.25) is 10.0 Å². The minimum Gasteiger partial charge on any atom is -0.399 e. The van der Waals surface area contributed by atoms with Crippen LogP contribution in [0.5, 0.6) is 0 Å². The zero-order valence-electron chi connectivity index (χ0n) is 9.10. The van der Waals surface area contributed by atoms with Crippen molar-refractivity contribution in [1.29, 1.82) is 0 Å². The number of nitrogen functional groups attached to an aromatic ring is 1. The molecule has 4 nitrogen and oxygen atoms in total. The van der Waals surface area contributed by atoms with E-state index in [0.717, 1.165) is 0 Å². The molecule has 5 heteroatoms. The van der Waals surface area contributed by atoms with Crippen molar-refractivity contribution >= 4 is 15.7 Å². The Bertz CT molecular complexity index is 369. The predicted octanol–water partition coefficient (Wildman–Crippen LogP) is 1.72. The summed E-state index contributed by atoms with van der Waals surface area (Å²) < 4.78 is 21.4. The summed E-state index contributed by atoms with van der Waals surface area (Å²) in [4.78, 5) is 0.0756. The lowest BCUT2D eigenvalue weighted by Gasteiger charge is -1.96. The zero-order valence-corrected chi connectivity index (χ0v) is 9.92. The van der Waals surface area contributed by atoms with E-state index in [4.69, 9.17) is 10.9 Å². The molecule has 0 atom stereocenters. The Balaban J connectivity index is 0.000000423. The molecule has 0 saturated heterocycles. The summed E-state index contributed by atoms with van der Waals surface area (Å²) in [6.07, 6.45) is 2.64. The van der Waals surface area contributed by atoms with Crippen molar-refractivity contribution in [3.8, 4) is 0 Å². The van der Waals surface area contributed by atoms with Gasteiger partial charge in [-0.1, -0.05) is 26.7 Å². The molecular weight excluding hydrogens is 212 g/mol. The van der Waals surface area contributed by atoms with Gasteiger partial charge in [0, 0.05) is 5.69 Å². The van der Waals surface area contributed by atoms with Gasteiger partial charge in [-0.25, -0.2) is 13.6 Å². The Hall–Kier alpha value is -1.07. The Morgan fingerprint density at radius 1 is 1.07 bits per heavy atom. The second-order valence-corrected chi connectivity index (χ2v) is 4.68. The first-order valence-corrected chi connectivity index (χ1v) is 6.34. The fourth-order valence-electron chi connectivity index (χ4n) is 0.658. The minimum absolute atomic E-state index is 0.0756. The van der Waals surface area contributed by atoms with Crippen LogP contribution in [-0.2, 0) is 10.0 Å². The predicted molar refractivity (Wildman–Crippen MR) is 62.8 cm³/mol. The van der Waals surface area contributed by atoms with Crippen molar-refractivity contribution in [2.75, 3.05) is 5.73 Å². The monoisotopic (exact) mass is 230 g/mol. The van der Waals surface area contributed by atoms with Gasteiger partial charge in [0.1, 0.15) is 0 Å². The summed E-state index contributed by atoms with van der Waals surface area (Å²) in [5.74, 6) is 0. The van der Waals surface area contributed by atoms with Crippen molar-refractivity contribution in [1.82, 2.24) is 0 Å². The average Bonchev–Trinajstić information content (AvgIpc) is 2.17. The number of nitrogens with two attached hydrogens (primary N) is 2. The van der Waals surface area contributed by atoms with Gasteiger partial charge in [-0.2, -0.15) is 0 Å². The number of anilines is 1. The van der Waals surface area contributed by atoms with Crippen LogP contribution in [0.1, 0.15) is 26.7 Å². The highest BCUT2D eigenvalue weighted by Gasteiger charge is 2.04. The molecule has 0 aliphatic carbocycles. The second kappa shape index (κ2) is 6.42. The quantitative estimate of drug-likeness (QED) is 0.758. The van der Waals surface area contributed by atoms with Crippen molar-refractivity contribution in [3.63, 3.8) is 0 Å². The van der Waals surface area contributed by atoms with Gasteiger partial charge in [-0.05, 0) is 24.3 Å². The minimum atomic E-state index is -3.58. The molecule has 0 radical (unpaired) electrons. The number of hydrogen-bond donors (Lipinski definition) is 2. The van der Waals surface area contributed by atoms with Crippen LogP contribution in [0.3, 0.4) is 0 Å². The summed E-state index contributed by atoms with van der Waals surface area (Å²) in [5, 5.41) is 4.84. The molecule has 1 aromatic carbocycles. The highest BCUT2D eigenvalue weighted by Crippen LogP contribution is 2.08. The number of benzene rings is 1. The molecule has 0 aliphatic rings. The topological polar surface area (TPSA) is 86.2 Å². The largest absolute Gasteiger partial charge is 0.399 e. The SMILES string of the molecule is CCCC.Nc1ccc(S(N)(=O)=O)cc1. The van der Waals surface area contributed by atoms with Gasteiger partial charge in [-0.15, -0.1) is 0 Å². The average molecular weight is 230 g/mol. The zero-order chi connectivity index (χ0) is 11.9. The molecule has 1 aromatic rings. The van der Waals surface area contributed by atoms with Crippen LogP contribution in [0.25, 0.3) is 0 Å². The second-order valence-electron chi connectivity index (χ2n) is 3.11. The molecule has 86 valence electrons. The van der Waals surface area contributed by atoms with Crippen LogP contribution >= 0.6 is 0 Å². The summed E-state index contributed by atoms with van der Waals surface area (Å²) in [5.41, 5.74) is 5.85. The van der Waals surface area contributed by atoms with Crippen LogP contribution in [-0.4, -0.2) is 8.42 Å². The first-order chi connectivity index (χ1) is 6.91. The van der Waals surface area contributed by atoms with Gasteiger partial charge >= 0.3 is 0 Å². The Labute approximate surface area is 91.3 Å². The highest BCUT2D eigenvalue weighted by molar-refractivity contribution is 7.89. The molecule has 4 N–H and O–H groups in total. The van der Waals surface area contributed by atoms with Crippen molar-refractivity contribution in [3.05, 3.63) is 24.3 Å². The summed E-state index contributed by atoms with van der Waals surface area (Å²) >= 11 is 0. The first-order valence-electron chi connectivity index (χ1n) is 4.80. The normalized spacial score (nSPS) is 10.3. The third-order valence-electron chi connectivity index (χ3n) is 1.71. The van der Waals surface area contributed by atoms with Crippen molar-refractivity contribution < 1.29 is 8.42 Å². The van der Waals surface area contributed by atoms with Crippen LogP contribution in [0.4, 0.5) is 5.69 Å². The maximum absolute atomic E-state index is 10.7. The third kappa shape index (κ3) is 6.09. The molecule has 0 heterocycles. The van der Waals surface area contributed by atoms with E-state index < -0.39 is 10.0 Å². The molecule has 0 fully saturated rings. The van der Waals surface area contributed by atoms with Gasteiger partial charge < -0.3 is 5.73 Å². The van der Waals surface area contributed by atoms with E-state index >= 15 is 0 Å². The molecule has 0 amide bonds. The van der Waals surface area contributed by atoms with Crippen LogP contribution < -0.4 is 10.9 Å². The smallest absolute Gasteiger partial charge is 0.238 e.